The van der Waals surface area contributed by atoms with E-state index in [1.807, 2.05) is 6.92 Å². The molecule has 0 heterocycles. The summed E-state index contributed by atoms with van der Waals surface area (Å²) in [5.41, 5.74) is 0.617. The van der Waals surface area contributed by atoms with E-state index in [0.29, 0.717) is 24.6 Å². The summed E-state index contributed by atoms with van der Waals surface area (Å²) in [6.45, 7) is 9.00. The monoisotopic (exact) mass is 320 g/mol. The molecule has 0 saturated heterocycles. The first-order chi connectivity index (χ1) is 11.1. The summed E-state index contributed by atoms with van der Waals surface area (Å²) >= 11 is 0. The largest absolute Gasteiger partial charge is 0.497 e. The third kappa shape index (κ3) is 7.54. The van der Waals surface area contributed by atoms with Crippen LogP contribution in [-0.2, 0) is 0 Å². The first kappa shape index (κ1) is 18.8. The SMILES string of the molecule is CCNC(=NCC(C)C)NCCNC(=O)c1ccc(OC)cc1. The predicted octanol–water partition coefficient (Wildman–Crippen LogP) is 1.64. The second-order valence-corrected chi connectivity index (χ2v) is 5.52. The van der Waals surface area contributed by atoms with Crippen molar-refractivity contribution in [3.8, 4) is 5.75 Å². The molecule has 0 aromatic heterocycles. The second-order valence-electron chi connectivity index (χ2n) is 5.52. The summed E-state index contributed by atoms with van der Waals surface area (Å²) in [5.74, 6) is 1.93. The third-order valence-corrected chi connectivity index (χ3v) is 3.01. The molecule has 1 aromatic rings. The number of methoxy groups -OCH3 is 1. The highest BCUT2D eigenvalue weighted by atomic mass is 16.5. The number of nitrogens with zero attached hydrogens (tertiary/aromatic N) is 1. The van der Waals surface area contributed by atoms with Crippen molar-refractivity contribution in [3.05, 3.63) is 29.8 Å². The van der Waals surface area contributed by atoms with Crippen LogP contribution in [0.1, 0.15) is 31.1 Å². The van der Waals surface area contributed by atoms with Gasteiger partial charge in [0.05, 0.1) is 7.11 Å². The number of benzene rings is 1. The molecule has 0 radical (unpaired) electrons. The maximum atomic E-state index is 12.0. The number of rotatable bonds is 8. The van der Waals surface area contributed by atoms with E-state index >= 15 is 0 Å². The first-order valence-corrected chi connectivity index (χ1v) is 8.01. The smallest absolute Gasteiger partial charge is 0.251 e. The minimum Gasteiger partial charge on any atom is -0.497 e. The summed E-state index contributed by atoms with van der Waals surface area (Å²) in [5, 5.41) is 9.26. The zero-order valence-electron chi connectivity index (χ0n) is 14.5. The Bertz CT molecular complexity index is 498. The van der Waals surface area contributed by atoms with Crippen molar-refractivity contribution in [2.24, 2.45) is 10.9 Å². The Balaban J connectivity index is 2.36. The van der Waals surface area contributed by atoms with Crippen LogP contribution < -0.4 is 20.7 Å². The minimum atomic E-state index is -0.0985. The van der Waals surface area contributed by atoms with Crippen molar-refractivity contribution >= 4 is 11.9 Å². The summed E-state index contributed by atoms with van der Waals surface area (Å²) in [7, 11) is 1.60. The third-order valence-electron chi connectivity index (χ3n) is 3.01. The van der Waals surface area contributed by atoms with Crippen LogP contribution in [0.2, 0.25) is 0 Å². The quantitative estimate of drug-likeness (QED) is 0.387. The van der Waals surface area contributed by atoms with Crippen LogP contribution >= 0.6 is 0 Å². The van der Waals surface area contributed by atoms with E-state index in [2.05, 4.69) is 34.8 Å². The lowest BCUT2D eigenvalue weighted by Crippen LogP contribution is -2.41. The summed E-state index contributed by atoms with van der Waals surface area (Å²) in [6, 6.07) is 7.04. The highest BCUT2D eigenvalue weighted by Crippen LogP contribution is 2.10. The Hall–Kier alpha value is -2.24. The van der Waals surface area contributed by atoms with E-state index < -0.39 is 0 Å². The molecule has 1 amide bonds. The molecule has 6 nitrogen and oxygen atoms in total. The first-order valence-electron chi connectivity index (χ1n) is 8.01. The molecule has 1 rings (SSSR count). The number of carbonyl (C=O) groups is 1. The highest BCUT2D eigenvalue weighted by Gasteiger charge is 2.05. The van der Waals surface area contributed by atoms with Gasteiger partial charge in [0, 0.05) is 31.7 Å². The molecule has 128 valence electrons. The van der Waals surface area contributed by atoms with Gasteiger partial charge in [-0.15, -0.1) is 0 Å². The van der Waals surface area contributed by atoms with E-state index in [1.54, 1.807) is 31.4 Å². The van der Waals surface area contributed by atoms with Gasteiger partial charge in [-0.2, -0.15) is 0 Å². The Kier molecular flexibility index (Phi) is 8.57. The number of hydrogen-bond acceptors (Lipinski definition) is 3. The molecule has 23 heavy (non-hydrogen) atoms. The molecule has 0 aliphatic heterocycles. The number of nitrogens with one attached hydrogen (secondary N) is 3. The Labute approximate surface area is 138 Å². The standard InChI is InChI=1S/C17H28N4O2/c1-5-18-17(21-12-13(2)3)20-11-10-19-16(22)14-6-8-15(23-4)9-7-14/h6-9,13H,5,10-12H2,1-4H3,(H,19,22)(H2,18,20,21). The zero-order chi connectivity index (χ0) is 17.1. The molecule has 0 fully saturated rings. The number of hydrogen-bond donors (Lipinski definition) is 3. The van der Waals surface area contributed by atoms with E-state index in [4.69, 9.17) is 4.74 Å². The fraction of sp³-hybridized carbons (Fsp3) is 0.529. The molecule has 0 spiro atoms. The minimum absolute atomic E-state index is 0.0985. The summed E-state index contributed by atoms with van der Waals surface area (Å²) in [6.07, 6.45) is 0. The predicted molar refractivity (Wildman–Crippen MR) is 94.1 cm³/mol. The molecule has 0 bridgehead atoms. The van der Waals surface area contributed by atoms with Crippen molar-refractivity contribution < 1.29 is 9.53 Å². The van der Waals surface area contributed by atoms with Gasteiger partial charge in [-0.25, -0.2) is 0 Å². The Morgan fingerprint density at radius 2 is 1.78 bits per heavy atom. The molecule has 1 aromatic carbocycles. The van der Waals surface area contributed by atoms with Crippen LogP contribution in [0, 0.1) is 5.92 Å². The molecule has 0 saturated carbocycles. The van der Waals surface area contributed by atoms with Crippen molar-refractivity contribution in [1.29, 1.82) is 0 Å². The Morgan fingerprint density at radius 3 is 2.35 bits per heavy atom. The van der Waals surface area contributed by atoms with Gasteiger partial charge in [0.1, 0.15) is 5.75 Å². The molecule has 0 aliphatic carbocycles. The molecule has 0 unspecified atom stereocenters. The number of guanidine groups is 1. The summed E-state index contributed by atoms with van der Waals surface area (Å²) in [4.78, 5) is 16.5. The molecule has 3 N–H and O–H groups in total. The van der Waals surface area contributed by atoms with Crippen LogP contribution in [0.3, 0.4) is 0 Å². The molecule has 0 aliphatic rings. The number of aliphatic imine (C=N–C) groups is 1. The summed E-state index contributed by atoms with van der Waals surface area (Å²) < 4.78 is 5.07. The van der Waals surface area contributed by atoms with Gasteiger partial charge in [0.15, 0.2) is 5.96 Å². The molecular formula is C17H28N4O2. The molecule has 0 atom stereocenters. The van der Waals surface area contributed by atoms with Gasteiger partial charge in [0.2, 0.25) is 0 Å². The lowest BCUT2D eigenvalue weighted by atomic mass is 10.2. The normalized spacial score (nSPS) is 11.3. The fourth-order valence-electron chi connectivity index (χ4n) is 1.82. The second kappa shape index (κ2) is 10.5. The van der Waals surface area contributed by atoms with Crippen LogP contribution in [-0.4, -0.2) is 45.2 Å². The fourth-order valence-corrected chi connectivity index (χ4v) is 1.82. The zero-order valence-corrected chi connectivity index (χ0v) is 14.5. The lowest BCUT2D eigenvalue weighted by Gasteiger charge is -2.12. The van der Waals surface area contributed by atoms with E-state index in [0.717, 1.165) is 24.8 Å². The maximum Gasteiger partial charge on any atom is 0.251 e. The van der Waals surface area contributed by atoms with Gasteiger partial charge < -0.3 is 20.7 Å². The van der Waals surface area contributed by atoms with E-state index in [9.17, 15) is 4.79 Å². The van der Waals surface area contributed by atoms with Gasteiger partial charge in [0.25, 0.3) is 5.91 Å². The average Bonchev–Trinajstić information content (AvgIpc) is 2.56. The van der Waals surface area contributed by atoms with E-state index in [1.165, 1.54) is 0 Å². The van der Waals surface area contributed by atoms with Crippen LogP contribution in [0.4, 0.5) is 0 Å². The van der Waals surface area contributed by atoms with Gasteiger partial charge >= 0.3 is 0 Å². The van der Waals surface area contributed by atoms with Crippen LogP contribution in [0.15, 0.2) is 29.3 Å². The lowest BCUT2D eigenvalue weighted by molar-refractivity contribution is 0.0954. The van der Waals surface area contributed by atoms with Crippen molar-refractivity contribution in [3.63, 3.8) is 0 Å². The number of carbonyl (C=O) groups excluding carboxylic acids is 1. The van der Waals surface area contributed by atoms with Crippen molar-refractivity contribution in [2.45, 2.75) is 20.8 Å². The topological polar surface area (TPSA) is 74.8 Å². The van der Waals surface area contributed by atoms with Crippen molar-refractivity contribution in [2.75, 3.05) is 33.3 Å². The highest BCUT2D eigenvalue weighted by molar-refractivity contribution is 5.94. The van der Waals surface area contributed by atoms with Gasteiger partial charge in [-0.3, -0.25) is 9.79 Å². The van der Waals surface area contributed by atoms with Crippen LogP contribution in [0.5, 0.6) is 5.75 Å². The molecule has 6 heteroatoms. The maximum absolute atomic E-state index is 12.0. The van der Waals surface area contributed by atoms with Crippen LogP contribution in [0.25, 0.3) is 0 Å². The molecular weight excluding hydrogens is 292 g/mol. The number of ether oxygens (including phenoxy) is 1. The average molecular weight is 320 g/mol. The van der Waals surface area contributed by atoms with Gasteiger partial charge in [-0.05, 0) is 37.1 Å². The van der Waals surface area contributed by atoms with E-state index in [-0.39, 0.29) is 5.91 Å². The number of amides is 1. The Morgan fingerprint density at radius 1 is 1.13 bits per heavy atom. The van der Waals surface area contributed by atoms with Gasteiger partial charge in [-0.1, -0.05) is 13.8 Å². The van der Waals surface area contributed by atoms with Crippen molar-refractivity contribution in [1.82, 2.24) is 16.0 Å².